The molecule has 0 atom stereocenters. The van der Waals surface area contributed by atoms with Crippen LogP contribution in [0.15, 0.2) is 18.2 Å². The summed E-state index contributed by atoms with van der Waals surface area (Å²) >= 11 is 0. The Kier molecular flexibility index (Phi) is 2.23. The molecule has 1 aliphatic carbocycles. The minimum atomic E-state index is 0.183. The molecule has 2 rings (SSSR count). The standard InChI is InChI=1S/C12H17NO/c1-2-9-5-10(7-11(14)6-9)12(8-13)3-4-12/h5-7,14H,2-4,8,13H2,1H3. The van der Waals surface area contributed by atoms with E-state index in [9.17, 15) is 5.11 Å². The average molecular weight is 191 g/mol. The fourth-order valence-corrected chi connectivity index (χ4v) is 1.95. The first-order chi connectivity index (χ1) is 6.70. The van der Waals surface area contributed by atoms with Crippen molar-refractivity contribution in [2.24, 2.45) is 5.73 Å². The van der Waals surface area contributed by atoms with E-state index >= 15 is 0 Å². The van der Waals surface area contributed by atoms with E-state index in [1.54, 1.807) is 0 Å². The van der Waals surface area contributed by atoms with Crippen molar-refractivity contribution in [2.45, 2.75) is 31.6 Å². The van der Waals surface area contributed by atoms with Crippen molar-refractivity contribution in [1.29, 1.82) is 0 Å². The van der Waals surface area contributed by atoms with Gasteiger partial charge in [-0.2, -0.15) is 0 Å². The highest BCUT2D eigenvalue weighted by Crippen LogP contribution is 2.48. The van der Waals surface area contributed by atoms with Gasteiger partial charge in [-0.1, -0.05) is 13.0 Å². The van der Waals surface area contributed by atoms with Crippen molar-refractivity contribution in [1.82, 2.24) is 0 Å². The second-order valence-corrected chi connectivity index (χ2v) is 4.23. The number of hydrogen-bond donors (Lipinski definition) is 2. The third-order valence-electron chi connectivity index (χ3n) is 3.24. The van der Waals surface area contributed by atoms with Crippen LogP contribution in [0.4, 0.5) is 0 Å². The molecule has 14 heavy (non-hydrogen) atoms. The molecule has 1 fully saturated rings. The fraction of sp³-hybridized carbons (Fsp3) is 0.500. The van der Waals surface area contributed by atoms with Gasteiger partial charge in [-0.15, -0.1) is 0 Å². The first-order valence-electron chi connectivity index (χ1n) is 5.24. The van der Waals surface area contributed by atoms with E-state index in [0.717, 1.165) is 19.3 Å². The van der Waals surface area contributed by atoms with Crippen LogP contribution in [-0.2, 0) is 11.8 Å². The van der Waals surface area contributed by atoms with Crippen molar-refractivity contribution in [3.8, 4) is 5.75 Å². The van der Waals surface area contributed by atoms with Crippen molar-refractivity contribution in [3.63, 3.8) is 0 Å². The quantitative estimate of drug-likeness (QED) is 0.767. The van der Waals surface area contributed by atoms with Crippen molar-refractivity contribution >= 4 is 0 Å². The van der Waals surface area contributed by atoms with Gasteiger partial charge in [0.2, 0.25) is 0 Å². The van der Waals surface area contributed by atoms with E-state index in [1.807, 2.05) is 12.1 Å². The third-order valence-corrected chi connectivity index (χ3v) is 3.24. The molecule has 2 nitrogen and oxygen atoms in total. The molecule has 1 aromatic rings. The van der Waals surface area contributed by atoms with Crippen LogP contribution in [0.5, 0.6) is 5.75 Å². The summed E-state index contributed by atoms with van der Waals surface area (Å²) in [4.78, 5) is 0. The van der Waals surface area contributed by atoms with Gasteiger partial charge in [0, 0.05) is 12.0 Å². The Balaban J connectivity index is 2.38. The van der Waals surface area contributed by atoms with Gasteiger partial charge >= 0.3 is 0 Å². The molecule has 0 bridgehead atoms. The molecule has 0 aliphatic heterocycles. The monoisotopic (exact) mass is 191 g/mol. The largest absolute Gasteiger partial charge is 0.508 e. The van der Waals surface area contributed by atoms with E-state index in [0.29, 0.717) is 12.3 Å². The lowest BCUT2D eigenvalue weighted by molar-refractivity contribution is 0.472. The van der Waals surface area contributed by atoms with Crippen LogP contribution in [0.2, 0.25) is 0 Å². The van der Waals surface area contributed by atoms with Gasteiger partial charge in [0.1, 0.15) is 5.75 Å². The lowest BCUT2D eigenvalue weighted by Crippen LogP contribution is -2.19. The Bertz CT molecular complexity index is 342. The van der Waals surface area contributed by atoms with E-state index < -0.39 is 0 Å². The van der Waals surface area contributed by atoms with Crippen LogP contribution < -0.4 is 5.73 Å². The fourth-order valence-electron chi connectivity index (χ4n) is 1.95. The zero-order chi connectivity index (χ0) is 10.2. The second-order valence-electron chi connectivity index (χ2n) is 4.23. The zero-order valence-corrected chi connectivity index (χ0v) is 8.59. The van der Waals surface area contributed by atoms with E-state index in [1.165, 1.54) is 11.1 Å². The number of aromatic hydroxyl groups is 1. The molecule has 0 spiro atoms. The van der Waals surface area contributed by atoms with Gasteiger partial charge in [0.15, 0.2) is 0 Å². The van der Waals surface area contributed by atoms with E-state index in [4.69, 9.17) is 5.73 Å². The Morgan fingerprint density at radius 2 is 2.07 bits per heavy atom. The maximum atomic E-state index is 9.57. The number of benzene rings is 1. The normalized spacial score (nSPS) is 18.1. The molecule has 1 saturated carbocycles. The highest BCUT2D eigenvalue weighted by Gasteiger charge is 2.43. The van der Waals surface area contributed by atoms with Crippen LogP contribution in [-0.4, -0.2) is 11.7 Å². The van der Waals surface area contributed by atoms with E-state index in [-0.39, 0.29) is 5.41 Å². The number of phenolic OH excluding ortho intramolecular Hbond substituents is 1. The molecular formula is C12H17NO. The van der Waals surface area contributed by atoms with Crippen LogP contribution in [0.3, 0.4) is 0 Å². The highest BCUT2D eigenvalue weighted by atomic mass is 16.3. The average Bonchev–Trinajstić information content (AvgIpc) is 2.97. The maximum absolute atomic E-state index is 9.57. The minimum absolute atomic E-state index is 0.183. The molecule has 2 heteroatoms. The molecule has 3 N–H and O–H groups in total. The lowest BCUT2D eigenvalue weighted by Gasteiger charge is -2.14. The predicted molar refractivity (Wildman–Crippen MR) is 57.5 cm³/mol. The van der Waals surface area contributed by atoms with Crippen LogP contribution in [0.1, 0.15) is 30.9 Å². The summed E-state index contributed by atoms with van der Waals surface area (Å²) in [6.07, 6.45) is 3.29. The van der Waals surface area contributed by atoms with Gasteiger partial charge in [0.05, 0.1) is 0 Å². The van der Waals surface area contributed by atoms with Crippen LogP contribution >= 0.6 is 0 Å². The van der Waals surface area contributed by atoms with Crippen molar-refractivity contribution < 1.29 is 5.11 Å². The van der Waals surface area contributed by atoms with Gasteiger partial charge < -0.3 is 10.8 Å². The minimum Gasteiger partial charge on any atom is -0.508 e. The molecule has 0 aromatic heterocycles. The SMILES string of the molecule is CCc1cc(O)cc(C2(CN)CC2)c1. The number of rotatable bonds is 3. The number of aryl methyl sites for hydroxylation is 1. The molecule has 0 radical (unpaired) electrons. The summed E-state index contributed by atoms with van der Waals surface area (Å²) in [5.74, 6) is 0.374. The topological polar surface area (TPSA) is 46.2 Å². The summed E-state index contributed by atoms with van der Waals surface area (Å²) < 4.78 is 0. The molecule has 0 heterocycles. The third kappa shape index (κ3) is 1.50. The summed E-state index contributed by atoms with van der Waals surface area (Å²) in [7, 11) is 0. The summed E-state index contributed by atoms with van der Waals surface area (Å²) in [6.45, 7) is 2.79. The predicted octanol–water partition coefficient (Wildman–Crippen LogP) is 1.94. The first-order valence-corrected chi connectivity index (χ1v) is 5.24. The molecule has 0 saturated heterocycles. The van der Waals surface area contributed by atoms with Gasteiger partial charge in [-0.05, 0) is 42.5 Å². The van der Waals surface area contributed by atoms with Crippen molar-refractivity contribution in [2.75, 3.05) is 6.54 Å². The van der Waals surface area contributed by atoms with Gasteiger partial charge in [-0.25, -0.2) is 0 Å². The molecule has 76 valence electrons. The van der Waals surface area contributed by atoms with Crippen LogP contribution in [0.25, 0.3) is 0 Å². The van der Waals surface area contributed by atoms with E-state index in [2.05, 4.69) is 13.0 Å². The Labute approximate surface area is 84.7 Å². The first kappa shape index (κ1) is 9.53. The second kappa shape index (κ2) is 3.28. The molecule has 1 aliphatic rings. The summed E-state index contributed by atoms with van der Waals surface area (Å²) in [5, 5.41) is 9.57. The van der Waals surface area contributed by atoms with Crippen molar-refractivity contribution in [3.05, 3.63) is 29.3 Å². The number of phenols is 1. The Morgan fingerprint density at radius 1 is 1.36 bits per heavy atom. The number of nitrogens with two attached hydrogens (primary N) is 1. The molecular weight excluding hydrogens is 174 g/mol. The summed E-state index contributed by atoms with van der Waals surface area (Å²) in [6, 6.07) is 5.87. The van der Waals surface area contributed by atoms with Gasteiger partial charge in [0.25, 0.3) is 0 Å². The number of hydrogen-bond acceptors (Lipinski definition) is 2. The molecule has 0 amide bonds. The molecule has 0 unspecified atom stereocenters. The maximum Gasteiger partial charge on any atom is 0.116 e. The van der Waals surface area contributed by atoms with Gasteiger partial charge in [-0.3, -0.25) is 0 Å². The lowest BCUT2D eigenvalue weighted by atomic mass is 9.93. The zero-order valence-electron chi connectivity index (χ0n) is 8.59. The Morgan fingerprint density at radius 3 is 2.57 bits per heavy atom. The molecule has 1 aromatic carbocycles. The van der Waals surface area contributed by atoms with Crippen LogP contribution in [0, 0.1) is 0 Å². The highest BCUT2D eigenvalue weighted by molar-refractivity contribution is 5.41. The summed E-state index contributed by atoms with van der Waals surface area (Å²) in [5.41, 5.74) is 8.36. The Hall–Kier alpha value is -1.02. The smallest absolute Gasteiger partial charge is 0.116 e.